The minimum atomic E-state index is -0.220. The van der Waals surface area contributed by atoms with Crippen molar-refractivity contribution in [1.29, 1.82) is 0 Å². The Morgan fingerprint density at radius 3 is 2.75 bits per heavy atom. The number of carbonyl (C=O) groups excluding carboxylic acids is 1. The first-order valence-electron chi connectivity index (χ1n) is 12.9. The number of hydrogen-bond acceptors (Lipinski definition) is 9. The van der Waals surface area contributed by atoms with Crippen molar-refractivity contribution in [2.45, 2.75) is 27.2 Å². The lowest BCUT2D eigenvalue weighted by Crippen LogP contribution is -2.24. The molecule has 0 radical (unpaired) electrons. The van der Waals surface area contributed by atoms with Gasteiger partial charge in [-0.15, -0.1) is 12.6 Å². The van der Waals surface area contributed by atoms with Gasteiger partial charge in [0.25, 0.3) is 5.91 Å². The van der Waals surface area contributed by atoms with Crippen LogP contribution < -0.4 is 15.5 Å². The average molecular weight is 563 g/mol. The molecule has 0 atom stereocenters. The number of rotatable bonds is 11. The summed E-state index contributed by atoms with van der Waals surface area (Å²) in [5.41, 5.74) is 6.61. The van der Waals surface area contributed by atoms with Gasteiger partial charge in [-0.3, -0.25) is 9.63 Å². The molecule has 0 saturated carbocycles. The lowest BCUT2D eigenvalue weighted by Gasteiger charge is -2.09. The third-order valence-corrected chi connectivity index (χ3v) is 5.75. The second-order valence-electron chi connectivity index (χ2n) is 8.02. The van der Waals surface area contributed by atoms with Crippen LogP contribution >= 0.6 is 12.6 Å². The molecule has 11 heteroatoms. The Morgan fingerprint density at radius 2 is 2.00 bits per heavy atom. The number of hydroxylamine groups is 1. The Bertz CT molecular complexity index is 1480. The number of aliphatic imine (C=N–C) groups is 1. The predicted molar refractivity (Wildman–Crippen MR) is 162 cm³/mol. The van der Waals surface area contributed by atoms with E-state index in [-0.39, 0.29) is 11.7 Å². The summed E-state index contributed by atoms with van der Waals surface area (Å²) in [7, 11) is 1.56. The molecule has 0 fully saturated rings. The van der Waals surface area contributed by atoms with Gasteiger partial charge in [0, 0.05) is 41.9 Å². The quantitative estimate of drug-likeness (QED) is 0.0706. The summed E-state index contributed by atoms with van der Waals surface area (Å²) in [4.78, 5) is 34.0. The van der Waals surface area contributed by atoms with Crippen molar-refractivity contribution in [1.82, 2.24) is 25.7 Å². The Kier molecular flexibility index (Phi) is 11.5. The molecule has 1 amide bonds. The summed E-state index contributed by atoms with van der Waals surface area (Å²) in [5.74, 6) is 1.28. The van der Waals surface area contributed by atoms with E-state index in [4.69, 9.17) is 9.57 Å². The van der Waals surface area contributed by atoms with Crippen LogP contribution in [-0.2, 0) is 4.84 Å². The molecule has 0 saturated heterocycles. The van der Waals surface area contributed by atoms with Crippen LogP contribution in [0.3, 0.4) is 0 Å². The second-order valence-corrected chi connectivity index (χ2v) is 8.27. The van der Waals surface area contributed by atoms with E-state index in [2.05, 4.69) is 43.4 Å². The summed E-state index contributed by atoms with van der Waals surface area (Å²) in [6, 6.07) is 14.1. The number of amides is 1. The summed E-state index contributed by atoms with van der Waals surface area (Å²) in [5, 5.41) is 14.9. The topological polar surface area (TPSA) is 134 Å². The molecule has 2 heterocycles. The number of ether oxygens (including phenoxy) is 1. The fourth-order valence-electron chi connectivity index (χ4n) is 3.69. The molecule has 4 aromatic rings. The normalized spacial score (nSPS) is 11.3. The monoisotopic (exact) mass is 562 g/mol. The van der Waals surface area contributed by atoms with Gasteiger partial charge < -0.3 is 20.1 Å². The highest BCUT2D eigenvalue weighted by Gasteiger charge is 2.15. The zero-order valence-corrected chi connectivity index (χ0v) is 23.8. The number of nitrogens with one attached hydrogen (secondary N) is 3. The number of aromatic amines is 1. The number of phenols is 1. The maximum absolute atomic E-state index is 12.7. The maximum atomic E-state index is 12.7. The number of phenolic OH excluding ortho intramolecular Hbond substituents is 1. The standard InChI is InChI=1S/C27H28N6O4S.C2H6/c1-3-37-33-24(16-38)28-12-5-13-29-26(35)18-7-9-21-22(15-18)32-25(31-21)20-14-17(8-10-23(20)34)19-6-4-11-30-27(19)36-2;1-2/h4,6-12,14-16,33-34,38H,3,5,13H2,1-2H3,(H,29,35)(H,31,32);1-2H3/b24-16+,28-12+;. The van der Waals surface area contributed by atoms with Crippen molar-refractivity contribution in [3.63, 3.8) is 0 Å². The molecular weight excluding hydrogens is 528 g/mol. The van der Waals surface area contributed by atoms with E-state index in [0.717, 1.165) is 11.1 Å². The van der Waals surface area contributed by atoms with Crippen LogP contribution in [0, 0.1) is 0 Å². The second kappa shape index (κ2) is 15.3. The summed E-state index contributed by atoms with van der Waals surface area (Å²) < 4.78 is 5.37. The van der Waals surface area contributed by atoms with E-state index in [1.165, 1.54) is 5.41 Å². The van der Waals surface area contributed by atoms with Gasteiger partial charge in [-0.2, -0.15) is 0 Å². The average Bonchev–Trinajstić information content (AvgIpc) is 3.43. The summed E-state index contributed by atoms with van der Waals surface area (Å²) in [6.45, 7) is 6.75. The highest BCUT2D eigenvalue weighted by Crippen LogP contribution is 2.35. The molecular formula is C29H34N6O4S. The molecule has 210 valence electrons. The first-order valence-corrected chi connectivity index (χ1v) is 13.4. The van der Waals surface area contributed by atoms with E-state index in [1.54, 1.807) is 49.9 Å². The van der Waals surface area contributed by atoms with Crippen LogP contribution in [0.4, 0.5) is 0 Å². The van der Waals surface area contributed by atoms with Crippen LogP contribution in [-0.4, -0.2) is 52.4 Å². The van der Waals surface area contributed by atoms with E-state index in [0.29, 0.717) is 59.3 Å². The van der Waals surface area contributed by atoms with Gasteiger partial charge in [0.2, 0.25) is 5.88 Å². The third-order valence-electron chi connectivity index (χ3n) is 5.50. The number of aromatic nitrogens is 3. The molecule has 0 unspecified atom stereocenters. The number of hydrogen-bond donors (Lipinski definition) is 5. The van der Waals surface area contributed by atoms with E-state index >= 15 is 0 Å². The molecule has 0 aliphatic rings. The van der Waals surface area contributed by atoms with Gasteiger partial charge in [0.05, 0.1) is 30.3 Å². The summed E-state index contributed by atoms with van der Waals surface area (Å²) in [6.07, 6.45) is 3.85. The molecule has 4 N–H and O–H groups in total. The first kappa shape index (κ1) is 30.2. The van der Waals surface area contributed by atoms with Crippen LogP contribution in [0.25, 0.3) is 33.5 Å². The number of thiol groups is 1. The fourth-order valence-corrected chi connectivity index (χ4v) is 3.81. The number of methoxy groups -OCH3 is 1. The number of imidazole rings is 1. The number of fused-ring (bicyclic) bond motifs is 1. The summed E-state index contributed by atoms with van der Waals surface area (Å²) >= 11 is 4.07. The lowest BCUT2D eigenvalue weighted by molar-refractivity contribution is 0.0731. The van der Waals surface area contributed by atoms with Crippen LogP contribution in [0.15, 0.2) is 70.9 Å². The zero-order valence-electron chi connectivity index (χ0n) is 22.9. The number of benzene rings is 2. The van der Waals surface area contributed by atoms with Crippen LogP contribution in [0.2, 0.25) is 0 Å². The highest BCUT2D eigenvalue weighted by atomic mass is 32.1. The smallest absolute Gasteiger partial charge is 0.251 e. The molecule has 4 rings (SSSR count). The van der Waals surface area contributed by atoms with Crippen molar-refractivity contribution in [2.75, 3.05) is 20.3 Å². The van der Waals surface area contributed by atoms with Crippen molar-refractivity contribution in [3.05, 3.63) is 71.5 Å². The molecule has 2 aromatic carbocycles. The Balaban J connectivity index is 0.00000216. The molecule has 0 aliphatic carbocycles. The van der Waals surface area contributed by atoms with Gasteiger partial charge >= 0.3 is 0 Å². The molecule has 10 nitrogen and oxygen atoms in total. The maximum Gasteiger partial charge on any atom is 0.251 e. The molecule has 0 bridgehead atoms. The first-order chi connectivity index (χ1) is 19.5. The molecule has 0 spiro atoms. The minimum Gasteiger partial charge on any atom is -0.507 e. The molecule has 40 heavy (non-hydrogen) atoms. The Hall–Kier alpha value is -4.35. The SMILES string of the molecule is CC.CCONC(=C/S)/N=C/CCNC(=O)c1ccc2nc(-c3cc(-c4cccnc4OC)ccc3O)[nH]c2c1. The molecule has 2 aromatic heterocycles. The minimum absolute atomic E-state index is 0.0719. The molecule has 0 aliphatic heterocycles. The zero-order chi connectivity index (χ0) is 28.9. The largest absolute Gasteiger partial charge is 0.507 e. The van der Waals surface area contributed by atoms with E-state index < -0.39 is 0 Å². The van der Waals surface area contributed by atoms with Gasteiger partial charge in [-0.25, -0.2) is 20.4 Å². The van der Waals surface area contributed by atoms with Crippen LogP contribution in [0.5, 0.6) is 11.6 Å². The number of pyridine rings is 1. The predicted octanol–water partition coefficient (Wildman–Crippen LogP) is 5.49. The van der Waals surface area contributed by atoms with E-state index in [1.807, 2.05) is 39.0 Å². The van der Waals surface area contributed by atoms with Gasteiger partial charge in [-0.05, 0) is 55.0 Å². The van der Waals surface area contributed by atoms with Gasteiger partial charge in [-0.1, -0.05) is 19.9 Å². The van der Waals surface area contributed by atoms with Gasteiger partial charge in [0.1, 0.15) is 11.6 Å². The fraction of sp³-hybridized carbons (Fsp3) is 0.241. The van der Waals surface area contributed by atoms with E-state index in [9.17, 15) is 9.90 Å². The third kappa shape index (κ3) is 7.61. The Labute approximate surface area is 238 Å². The van der Waals surface area contributed by atoms with Crippen molar-refractivity contribution in [2.24, 2.45) is 4.99 Å². The van der Waals surface area contributed by atoms with Crippen molar-refractivity contribution < 1.29 is 19.5 Å². The highest BCUT2D eigenvalue weighted by molar-refractivity contribution is 7.83. The number of nitrogens with zero attached hydrogens (tertiary/aromatic N) is 3. The van der Waals surface area contributed by atoms with Crippen molar-refractivity contribution >= 4 is 35.8 Å². The number of H-pyrrole nitrogens is 1. The van der Waals surface area contributed by atoms with Crippen molar-refractivity contribution in [3.8, 4) is 34.1 Å². The Morgan fingerprint density at radius 1 is 1.18 bits per heavy atom. The number of aromatic hydroxyl groups is 1. The van der Waals surface area contributed by atoms with Gasteiger partial charge in [0.15, 0.2) is 5.82 Å². The lowest BCUT2D eigenvalue weighted by atomic mass is 10.0. The van der Waals surface area contributed by atoms with Crippen LogP contribution in [0.1, 0.15) is 37.6 Å². The number of carbonyl (C=O) groups is 1.